The number of sulfonamides is 1. The van der Waals surface area contributed by atoms with Crippen LogP contribution in [-0.2, 0) is 20.0 Å². The molecule has 5 rings (SSSR count). The Kier molecular flexibility index (Phi) is 7.96. The quantitative estimate of drug-likeness (QED) is 0.213. The third-order valence-corrected chi connectivity index (χ3v) is 10.2. The van der Waals surface area contributed by atoms with Crippen molar-refractivity contribution in [3.8, 4) is 11.5 Å². The van der Waals surface area contributed by atoms with Crippen molar-refractivity contribution in [2.75, 3.05) is 14.2 Å². The fourth-order valence-corrected chi connectivity index (χ4v) is 7.74. The van der Waals surface area contributed by atoms with Gasteiger partial charge in [0.05, 0.1) is 41.3 Å². The molecule has 42 heavy (non-hydrogen) atoms. The Morgan fingerprint density at radius 3 is 2.07 bits per heavy atom. The van der Waals surface area contributed by atoms with E-state index in [0.717, 1.165) is 5.56 Å². The van der Waals surface area contributed by atoms with Crippen molar-refractivity contribution in [2.24, 2.45) is 0 Å². The zero-order chi connectivity index (χ0) is 30.1. The van der Waals surface area contributed by atoms with Gasteiger partial charge in [-0.25, -0.2) is 20.8 Å². The van der Waals surface area contributed by atoms with Gasteiger partial charge in [0.15, 0.2) is 11.5 Å². The largest absolute Gasteiger partial charge is 0.493 e. The van der Waals surface area contributed by atoms with E-state index in [1.165, 1.54) is 42.5 Å². The molecule has 0 amide bonds. The molecule has 0 saturated carbocycles. The molecule has 1 N–H and O–H groups in total. The maximum atomic E-state index is 14.3. The molecule has 0 spiro atoms. The van der Waals surface area contributed by atoms with E-state index in [0.29, 0.717) is 33.5 Å². The Morgan fingerprint density at radius 1 is 0.786 bits per heavy atom. The molecule has 1 aromatic heterocycles. The van der Waals surface area contributed by atoms with Gasteiger partial charge in [0, 0.05) is 10.9 Å². The number of hydrogen-bond donors (Lipinski definition) is 1. The minimum Gasteiger partial charge on any atom is -0.493 e. The molecule has 10 heteroatoms. The molecule has 0 aliphatic carbocycles. The van der Waals surface area contributed by atoms with Crippen molar-refractivity contribution in [2.45, 2.75) is 22.8 Å². The SMILES string of the molecule is C=Cc1c(C(NS(=O)(=O)c2ccc(C)cc2)c2ccc(OC)c(OC)c2)n(S(=O)(=O)c2ccccc2)c2ccccc12. The predicted molar refractivity (Wildman–Crippen MR) is 164 cm³/mol. The van der Waals surface area contributed by atoms with Crippen LogP contribution in [0.2, 0.25) is 0 Å². The first-order valence-corrected chi connectivity index (χ1v) is 15.9. The third-order valence-electron chi connectivity index (χ3n) is 7.01. The molecule has 0 aliphatic rings. The highest BCUT2D eigenvalue weighted by Crippen LogP contribution is 2.40. The average molecular weight is 603 g/mol. The fraction of sp³-hybridized carbons (Fsp3) is 0.125. The zero-order valence-corrected chi connectivity index (χ0v) is 24.9. The van der Waals surface area contributed by atoms with E-state index >= 15 is 0 Å². The molecule has 0 radical (unpaired) electrons. The molecule has 0 fully saturated rings. The van der Waals surface area contributed by atoms with Crippen LogP contribution in [0.5, 0.6) is 11.5 Å². The van der Waals surface area contributed by atoms with Crippen LogP contribution in [0.15, 0.2) is 113 Å². The molecule has 5 aromatic rings. The Bertz CT molecular complexity index is 1980. The number of nitrogens with one attached hydrogen (secondary N) is 1. The molecule has 0 bridgehead atoms. The molecular weight excluding hydrogens is 572 g/mol. The Balaban J connectivity index is 1.86. The second-order valence-electron chi connectivity index (χ2n) is 9.58. The molecule has 0 aliphatic heterocycles. The topological polar surface area (TPSA) is 104 Å². The predicted octanol–water partition coefficient (Wildman–Crippen LogP) is 5.91. The summed E-state index contributed by atoms with van der Waals surface area (Å²) in [6.07, 6.45) is 1.54. The molecular formula is C32H30N2O6S2. The van der Waals surface area contributed by atoms with E-state index < -0.39 is 26.1 Å². The lowest BCUT2D eigenvalue weighted by molar-refractivity contribution is 0.354. The minimum absolute atomic E-state index is 0.0345. The maximum Gasteiger partial charge on any atom is 0.268 e. The van der Waals surface area contributed by atoms with Gasteiger partial charge in [0.25, 0.3) is 10.0 Å². The van der Waals surface area contributed by atoms with Gasteiger partial charge in [-0.3, -0.25) is 0 Å². The molecule has 1 unspecified atom stereocenters. The van der Waals surface area contributed by atoms with Crippen LogP contribution in [0, 0.1) is 6.92 Å². The summed E-state index contributed by atoms with van der Waals surface area (Å²) in [6, 6.07) is 25.2. The highest BCUT2D eigenvalue weighted by Gasteiger charge is 2.34. The minimum atomic E-state index is -4.21. The van der Waals surface area contributed by atoms with Gasteiger partial charge in [-0.2, -0.15) is 4.72 Å². The summed E-state index contributed by atoms with van der Waals surface area (Å²) in [5, 5.41) is 0.599. The monoisotopic (exact) mass is 602 g/mol. The van der Waals surface area contributed by atoms with Crippen molar-refractivity contribution >= 4 is 37.0 Å². The van der Waals surface area contributed by atoms with E-state index in [-0.39, 0.29) is 15.5 Å². The van der Waals surface area contributed by atoms with Crippen LogP contribution in [0.1, 0.15) is 28.4 Å². The summed E-state index contributed by atoms with van der Waals surface area (Å²) in [5.41, 5.74) is 2.35. The summed E-state index contributed by atoms with van der Waals surface area (Å²) in [7, 11) is -5.41. The van der Waals surface area contributed by atoms with Crippen LogP contribution in [0.4, 0.5) is 0 Å². The van der Waals surface area contributed by atoms with Gasteiger partial charge in [-0.05, 0) is 55.0 Å². The van der Waals surface area contributed by atoms with E-state index in [1.54, 1.807) is 78.9 Å². The van der Waals surface area contributed by atoms with Crippen LogP contribution < -0.4 is 14.2 Å². The lowest BCUT2D eigenvalue weighted by atomic mass is 10.00. The van der Waals surface area contributed by atoms with Crippen LogP contribution in [-0.4, -0.2) is 35.0 Å². The molecule has 4 aromatic carbocycles. The maximum absolute atomic E-state index is 14.3. The number of methoxy groups -OCH3 is 2. The number of para-hydroxylation sites is 1. The average Bonchev–Trinajstić information content (AvgIpc) is 3.35. The highest BCUT2D eigenvalue weighted by molar-refractivity contribution is 7.90. The third kappa shape index (κ3) is 5.20. The second kappa shape index (κ2) is 11.5. The first-order chi connectivity index (χ1) is 20.1. The number of ether oxygens (including phenoxy) is 2. The summed E-state index contributed by atoms with van der Waals surface area (Å²) >= 11 is 0. The number of aryl methyl sites for hydroxylation is 1. The van der Waals surface area contributed by atoms with E-state index in [9.17, 15) is 16.8 Å². The molecule has 0 saturated heterocycles. The lowest BCUT2D eigenvalue weighted by Gasteiger charge is -2.24. The number of hydrogen-bond acceptors (Lipinski definition) is 6. The van der Waals surface area contributed by atoms with Crippen molar-refractivity contribution in [1.82, 2.24) is 8.69 Å². The summed E-state index contributed by atoms with van der Waals surface area (Å²) < 4.78 is 71.3. The van der Waals surface area contributed by atoms with Crippen molar-refractivity contribution in [3.63, 3.8) is 0 Å². The summed E-state index contributed by atoms with van der Waals surface area (Å²) in [5.74, 6) is 0.783. The van der Waals surface area contributed by atoms with Crippen molar-refractivity contribution < 1.29 is 26.3 Å². The van der Waals surface area contributed by atoms with Crippen LogP contribution >= 0.6 is 0 Å². The van der Waals surface area contributed by atoms with E-state index in [2.05, 4.69) is 11.3 Å². The van der Waals surface area contributed by atoms with Gasteiger partial charge >= 0.3 is 0 Å². The number of rotatable bonds is 10. The Hall–Kier alpha value is -4.38. The zero-order valence-electron chi connectivity index (χ0n) is 23.3. The molecule has 216 valence electrons. The number of fused-ring (bicyclic) bond motifs is 1. The van der Waals surface area contributed by atoms with Gasteiger partial charge < -0.3 is 9.47 Å². The smallest absolute Gasteiger partial charge is 0.268 e. The van der Waals surface area contributed by atoms with Crippen molar-refractivity contribution in [3.05, 3.63) is 126 Å². The van der Waals surface area contributed by atoms with Crippen molar-refractivity contribution in [1.29, 1.82) is 0 Å². The number of nitrogens with zero attached hydrogens (tertiary/aromatic N) is 1. The molecule has 1 heterocycles. The first kappa shape index (κ1) is 29.1. The van der Waals surface area contributed by atoms with E-state index in [1.807, 2.05) is 6.92 Å². The lowest BCUT2D eigenvalue weighted by Crippen LogP contribution is -2.32. The Labute approximate surface area is 246 Å². The van der Waals surface area contributed by atoms with Gasteiger partial charge in [0.1, 0.15) is 0 Å². The first-order valence-electron chi connectivity index (χ1n) is 13.0. The highest BCUT2D eigenvalue weighted by atomic mass is 32.2. The van der Waals surface area contributed by atoms with Gasteiger partial charge in [0.2, 0.25) is 10.0 Å². The van der Waals surface area contributed by atoms with Crippen LogP contribution in [0.25, 0.3) is 17.0 Å². The summed E-state index contributed by atoms with van der Waals surface area (Å²) in [4.78, 5) is 0.0855. The normalized spacial score (nSPS) is 12.6. The standard InChI is InChI=1S/C32H30N2O6S2/c1-5-26-27-13-9-10-14-28(27)34(42(37,38)25-11-7-6-8-12-25)32(26)31(23-17-20-29(39-3)30(21-23)40-4)33-41(35,36)24-18-15-22(2)16-19-24/h5-21,31,33H,1H2,2-4H3. The molecule has 1 atom stereocenters. The van der Waals surface area contributed by atoms with Gasteiger partial charge in [-0.15, -0.1) is 0 Å². The molecule has 8 nitrogen and oxygen atoms in total. The van der Waals surface area contributed by atoms with E-state index in [4.69, 9.17) is 9.47 Å². The number of aromatic nitrogens is 1. The number of benzene rings is 4. The fourth-order valence-electron chi connectivity index (χ4n) is 4.95. The van der Waals surface area contributed by atoms with Gasteiger partial charge in [-0.1, -0.05) is 72.8 Å². The summed E-state index contributed by atoms with van der Waals surface area (Å²) in [6.45, 7) is 5.84. The van der Waals surface area contributed by atoms with Crippen LogP contribution in [0.3, 0.4) is 0 Å². The second-order valence-corrected chi connectivity index (χ2v) is 13.1. The Morgan fingerprint density at radius 2 is 1.43 bits per heavy atom.